The molecule has 0 aliphatic heterocycles. The molecule has 0 saturated heterocycles. The fourth-order valence-corrected chi connectivity index (χ4v) is 2.07. The van der Waals surface area contributed by atoms with Gasteiger partial charge in [-0.2, -0.15) is 0 Å². The van der Waals surface area contributed by atoms with Gasteiger partial charge in [-0.1, -0.05) is 11.2 Å². The molecule has 1 aromatic heterocycles. The van der Waals surface area contributed by atoms with E-state index >= 15 is 0 Å². The first-order chi connectivity index (χ1) is 9.95. The van der Waals surface area contributed by atoms with Gasteiger partial charge in [0, 0.05) is 13.1 Å². The molecule has 21 heavy (non-hydrogen) atoms. The molecule has 2 rings (SSSR count). The largest absolute Gasteiger partial charge is 0.492 e. The van der Waals surface area contributed by atoms with Crippen molar-refractivity contribution >= 4 is 5.91 Å². The second-order valence-corrected chi connectivity index (χ2v) is 5.23. The predicted molar refractivity (Wildman–Crippen MR) is 79.6 cm³/mol. The number of hydrogen-bond donors (Lipinski definition) is 0. The van der Waals surface area contributed by atoms with Gasteiger partial charge in [0.1, 0.15) is 12.4 Å². The van der Waals surface area contributed by atoms with Crippen molar-refractivity contribution in [2.75, 3.05) is 20.2 Å². The van der Waals surface area contributed by atoms with E-state index in [2.05, 4.69) is 11.2 Å². The highest BCUT2D eigenvalue weighted by Crippen LogP contribution is 2.16. The van der Waals surface area contributed by atoms with Crippen molar-refractivity contribution < 1.29 is 14.1 Å². The molecule has 0 saturated carbocycles. The number of hydrogen-bond acceptors (Lipinski definition) is 4. The van der Waals surface area contributed by atoms with Crippen molar-refractivity contribution in [2.24, 2.45) is 0 Å². The van der Waals surface area contributed by atoms with Gasteiger partial charge in [0.2, 0.25) is 5.76 Å². The zero-order valence-corrected chi connectivity index (χ0v) is 12.8. The van der Waals surface area contributed by atoms with Crippen LogP contribution in [0, 0.1) is 20.8 Å². The van der Waals surface area contributed by atoms with E-state index in [9.17, 15) is 4.79 Å². The van der Waals surface area contributed by atoms with E-state index in [1.165, 1.54) is 0 Å². The molecule has 0 aliphatic carbocycles. The molecule has 0 aliphatic rings. The van der Waals surface area contributed by atoms with Crippen molar-refractivity contribution in [1.82, 2.24) is 10.1 Å². The molecule has 1 amide bonds. The van der Waals surface area contributed by atoms with Crippen molar-refractivity contribution in [3.63, 3.8) is 0 Å². The van der Waals surface area contributed by atoms with E-state index in [1.807, 2.05) is 26.0 Å². The normalized spacial score (nSPS) is 10.5. The Balaban J connectivity index is 1.86. The molecule has 0 N–H and O–H groups in total. The third-order valence-corrected chi connectivity index (χ3v) is 3.08. The van der Waals surface area contributed by atoms with E-state index < -0.39 is 0 Å². The Kier molecular flexibility index (Phi) is 4.62. The highest BCUT2D eigenvalue weighted by molar-refractivity contribution is 5.91. The fraction of sp³-hybridized carbons (Fsp3) is 0.375. The summed E-state index contributed by atoms with van der Waals surface area (Å²) >= 11 is 0. The lowest BCUT2D eigenvalue weighted by atomic mass is 10.1. The first-order valence-electron chi connectivity index (χ1n) is 6.85. The van der Waals surface area contributed by atoms with E-state index in [1.54, 1.807) is 24.9 Å². The Morgan fingerprint density at radius 1 is 1.19 bits per heavy atom. The first-order valence-corrected chi connectivity index (χ1v) is 6.85. The van der Waals surface area contributed by atoms with Gasteiger partial charge in [0.05, 0.1) is 12.2 Å². The van der Waals surface area contributed by atoms with Crippen LogP contribution in [0.3, 0.4) is 0 Å². The van der Waals surface area contributed by atoms with E-state index in [4.69, 9.17) is 9.26 Å². The van der Waals surface area contributed by atoms with Crippen molar-refractivity contribution in [1.29, 1.82) is 0 Å². The summed E-state index contributed by atoms with van der Waals surface area (Å²) < 4.78 is 10.7. The summed E-state index contributed by atoms with van der Waals surface area (Å²) in [5.74, 6) is 0.880. The van der Waals surface area contributed by atoms with Crippen LogP contribution in [0.2, 0.25) is 0 Å². The van der Waals surface area contributed by atoms with Crippen LogP contribution in [0.25, 0.3) is 0 Å². The molecule has 1 heterocycles. The Bertz CT molecular complexity index is 614. The average molecular weight is 288 g/mol. The average Bonchev–Trinajstić information content (AvgIpc) is 2.83. The summed E-state index contributed by atoms with van der Waals surface area (Å²) in [5.41, 5.74) is 3.01. The number of ether oxygens (including phenoxy) is 1. The number of rotatable bonds is 5. The quantitative estimate of drug-likeness (QED) is 0.849. The number of carbonyl (C=O) groups is 1. The lowest BCUT2D eigenvalue weighted by molar-refractivity contribution is 0.0732. The van der Waals surface area contributed by atoms with Crippen LogP contribution in [0.4, 0.5) is 0 Å². The highest BCUT2D eigenvalue weighted by atomic mass is 16.5. The number of likely N-dealkylation sites (N-methyl/N-ethyl adjacent to an activating group) is 1. The lowest BCUT2D eigenvalue weighted by Gasteiger charge is -2.16. The molecular formula is C16H20N2O3. The van der Waals surface area contributed by atoms with E-state index in [0.717, 1.165) is 16.9 Å². The zero-order chi connectivity index (χ0) is 15.4. The highest BCUT2D eigenvalue weighted by Gasteiger charge is 2.16. The van der Waals surface area contributed by atoms with Gasteiger partial charge < -0.3 is 14.2 Å². The van der Waals surface area contributed by atoms with E-state index in [-0.39, 0.29) is 11.7 Å². The van der Waals surface area contributed by atoms with Crippen LogP contribution in [0.15, 0.2) is 28.8 Å². The number of aryl methyl sites for hydroxylation is 3. The molecule has 112 valence electrons. The van der Waals surface area contributed by atoms with Gasteiger partial charge in [-0.25, -0.2) is 0 Å². The number of amides is 1. The molecule has 2 aromatic rings. The van der Waals surface area contributed by atoms with Crippen LogP contribution >= 0.6 is 0 Å². The predicted octanol–water partition coefficient (Wildman–Crippen LogP) is 2.75. The number of aromatic nitrogens is 1. The number of nitrogens with zero attached hydrogens (tertiary/aromatic N) is 2. The Morgan fingerprint density at radius 3 is 2.43 bits per heavy atom. The van der Waals surface area contributed by atoms with Crippen LogP contribution in [-0.2, 0) is 0 Å². The molecule has 0 fully saturated rings. The standard InChI is InChI=1S/C16H20N2O3/c1-11-7-12(2)9-14(8-11)20-6-5-18(4)16(19)15-10-13(3)17-21-15/h7-10H,5-6H2,1-4H3. The van der Waals surface area contributed by atoms with E-state index in [0.29, 0.717) is 18.8 Å². The minimum atomic E-state index is -0.195. The molecule has 5 nitrogen and oxygen atoms in total. The van der Waals surface area contributed by atoms with Crippen LogP contribution < -0.4 is 4.74 Å². The van der Waals surface area contributed by atoms with Gasteiger partial charge in [0.15, 0.2) is 0 Å². The molecule has 0 radical (unpaired) electrons. The zero-order valence-electron chi connectivity index (χ0n) is 12.8. The maximum atomic E-state index is 12.0. The van der Waals surface area contributed by atoms with Crippen molar-refractivity contribution in [3.8, 4) is 5.75 Å². The van der Waals surface area contributed by atoms with Crippen LogP contribution in [0.1, 0.15) is 27.4 Å². The fourth-order valence-electron chi connectivity index (χ4n) is 2.07. The third-order valence-electron chi connectivity index (χ3n) is 3.08. The monoisotopic (exact) mass is 288 g/mol. The summed E-state index contributed by atoms with van der Waals surface area (Å²) in [7, 11) is 1.71. The summed E-state index contributed by atoms with van der Waals surface area (Å²) in [6.07, 6.45) is 0. The van der Waals surface area contributed by atoms with Crippen LogP contribution in [0.5, 0.6) is 5.75 Å². The molecule has 0 unspecified atom stereocenters. The second-order valence-electron chi connectivity index (χ2n) is 5.23. The van der Waals surface area contributed by atoms with Gasteiger partial charge >= 0.3 is 0 Å². The summed E-state index contributed by atoms with van der Waals surface area (Å²) in [6, 6.07) is 7.68. The van der Waals surface area contributed by atoms with Gasteiger partial charge in [-0.15, -0.1) is 0 Å². The first kappa shape index (κ1) is 15.1. The SMILES string of the molecule is Cc1cc(C)cc(OCCN(C)C(=O)c2cc(C)no2)c1. The molecule has 0 atom stereocenters. The smallest absolute Gasteiger partial charge is 0.292 e. The minimum absolute atomic E-state index is 0.195. The van der Waals surface area contributed by atoms with Crippen molar-refractivity contribution in [3.05, 3.63) is 46.8 Å². The maximum absolute atomic E-state index is 12.0. The molecule has 1 aromatic carbocycles. The Labute approximate surface area is 124 Å². The molecule has 0 bridgehead atoms. The number of carbonyl (C=O) groups excluding carboxylic acids is 1. The van der Waals surface area contributed by atoms with Crippen molar-refractivity contribution in [2.45, 2.75) is 20.8 Å². The maximum Gasteiger partial charge on any atom is 0.292 e. The summed E-state index contributed by atoms with van der Waals surface area (Å²) in [5, 5.41) is 3.71. The molecular weight excluding hydrogens is 268 g/mol. The minimum Gasteiger partial charge on any atom is -0.492 e. The third kappa shape index (κ3) is 4.08. The topological polar surface area (TPSA) is 55.6 Å². The van der Waals surface area contributed by atoms with Gasteiger partial charge in [0.25, 0.3) is 5.91 Å². The van der Waals surface area contributed by atoms with Gasteiger partial charge in [-0.3, -0.25) is 4.79 Å². The number of benzene rings is 1. The molecule has 0 spiro atoms. The summed E-state index contributed by atoms with van der Waals surface area (Å²) in [6.45, 7) is 6.75. The summed E-state index contributed by atoms with van der Waals surface area (Å²) in [4.78, 5) is 13.6. The van der Waals surface area contributed by atoms with Crippen LogP contribution in [-0.4, -0.2) is 36.2 Å². The van der Waals surface area contributed by atoms with Gasteiger partial charge in [-0.05, 0) is 44.0 Å². The Morgan fingerprint density at radius 2 is 1.86 bits per heavy atom. The Hall–Kier alpha value is -2.30. The second kappa shape index (κ2) is 6.43. The molecule has 5 heteroatoms. The lowest BCUT2D eigenvalue weighted by Crippen LogP contribution is -2.30.